The van der Waals surface area contributed by atoms with Crippen LogP contribution in [0.15, 0.2) is 0 Å². The van der Waals surface area contributed by atoms with Crippen LogP contribution in [0.3, 0.4) is 0 Å². The Kier molecular flexibility index (Phi) is 2.75. The molecular formula is C12H16ClNS. The van der Waals surface area contributed by atoms with Gasteiger partial charge in [0.2, 0.25) is 0 Å². The number of thiophene rings is 1. The number of fused-ring (bicyclic) bond motifs is 1. The molecule has 0 aromatic carbocycles. The number of hydrogen-bond acceptors (Lipinski definition) is 2. The molecule has 3 heteroatoms. The average molecular weight is 242 g/mol. The van der Waals surface area contributed by atoms with Gasteiger partial charge in [-0.3, -0.25) is 0 Å². The van der Waals surface area contributed by atoms with Crippen molar-refractivity contribution in [3.8, 4) is 0 Å². The Morgan fingerprint density at radius 2 is 2.07 bits per heavy atom. The van der Waals surface area contributed by atoms with Crippen LogP contribution in [0.1, 0.15) is 47.0 Å². The van der Waals surface area contributed by atoms with E-state index in [9.17, 15) is 0 Å². The summed E-state index contributed by atoms with van der Waals surface area (Å²) < 4.78 is 0. The molecule has 1 aliphatic carbocycles. The van der Waals surface area contributed by atoms with Crippen molar-refractivity contribution in [3.05, 3.63) is 20.3 Å². The van der Waals surface area contributed by atoms with Crippen molar-refractivity contribution < 1.29 is 0 Å². The largest absolute Gasteiger partial charge is 0.309 e. The predicted octanol–water partition coefficient (Wildman–Crippen LogP) is 3.70. The Labute approximate surface area is 99.8 Å². The van der Waals surface area contributed by atoms with E-state index in [1.807, 2.05) is 11.3 Å². The molecule has 0 spiro atoms. The maximum absolute atomic E-state index is 6.49. The third-order valence-electron chi connectivity index (χ3n) is 3.51. The summed E-state index contributed by atoms with van der Waals surface area (Å²) in [5, 5.41) is 4.64. The predicted molar refractivity (Wildman–Crippen MR) is 65.9 cm³/mol. The number of halogens is 1. The first kappa shape index (κ1) is 10.1. The molecule has 1 aliphatic heterocycles. The van der Waals surface area contributed by atoms with Crippen LogP contribution in [-0.4, -0.2) is 6.54 Å². The molecule has 1 aromatic rings. The molecule has 15 heavy (non-hydrogen) atoms. The van der Waals surface area contributed by atoms with Crippen molar-refractivity contribution in [2.24, 2.45) is 0 Å². The number of aryl methyl sites for hydroxylation is 1. The second kappa shape index (κ2) is 4.08. The summed E-state index contributed by atoms with van der Waals surface area (Å²) in [4.78, 5) is 2.98. The van der Waals surface area contributed by atoms with E-state index in [4.69, 9.17) is 11.6 Å². The topological polar surface area (TPSA) is 12.0 Å². The van der Waals surface area contributed by atoms with Crippen LogP contribution in [0.5, 0.6) is 0 Å². The molecule has 1 atom stereocenters. The lowest BCUT2D eigenvalue weighted by Crippen LogP contribution is -2.11. The standard InChI is InChI=1S/C12H16ClNS/c13-11-8-4-1-2-6-10(8)15-12(11)9-5-3-7-14-9/h9,14H,1-7H2. The van der Waals surface area contributed by atoms with Gasteiger partial charge >= 0.3 is 0 Å². The van der Waals surface area contributed by atoms with E-state index in [1.165, 1.54) is 49.0 Å². The lowest BCUT2D eigenvalue weighted by molar-refractivity contribution is 0.658. The Morgan fingerprint density at radius 3 is 2.80 bits per heavy atom. The minimum Gasteiger partial charge on any atom is -0.309 e. The zero-order valence-electron chi connectivity index (χ0n) is 8.81. The summed E-state index contributed by atoms with van der Waals surface area (Å²) in [6.07, 6.45) is 7.69. The average Bonchev–Trinajstić information content (AvgIpc) is 2.87. The Balaban J connectivity index is 1.97. The molecule has 3 rings (SSSR count). The fourth-order valence-corrected chi connectivity index (χ4v) is 4.59. The third kappa shape index (κ3) is 1.73. The smallest absolute Gasteiger partial charge is 0.0596 e. The Morgan fingerprint density at radius 1 is 1.20 bits per heavy atom. The molecule has 2 heterocycles. The molecule has 1 fully saturated rings. The van der Waals surface area contributed by atoms with E-state index in [1.54, 1.807) is 4.88 Å². The van der Waals surface area contributed by atoms with E-state index in [2.05, 4.69) is 5.32 Å². The molecule has 0 saturated carbocycles. The minimum atomic E-state index is 0.549. The second-order valence-electron chi connectivity index (χ2n) is 4.54. The van der Waals surface area contributed by atoms with Gasteiger partial charge in [0.25, 0.3) is 0 Å². The summed E-state index contributed by atoms with van der Waals surface area (Å²) in [6, 6.07) is 0.549. The quantitative estimate of drug-likeness (QED) is 0.791. The van der Waals surface area contributed by atoms with Crippen LogP contribution in [0.2, 0.25) is 5.02 Å². The number of rotatable bonds is 1. The lowest BCUT2D eigenvalue weighted by atomic mass is 9.98. The van der Waals surface area contributed by atoms with Crippen molar-refractivity contribution in [1.82, 2.24) is 5.32 Å². The summed E-state index contributed by atoms with van der Waals surface area (Å²) in [7, 11) is 0. The molecule has 1 N–H and O–H groups in total. The maximum atomic E-state index is 6.49. The Bertz CT molecular complexity index is 366. The highest BCUT2D eigenvalue weighted by Crippen LogP contribution is 2.42. The van der Waals surface area contributed by atoms with Crippen LogP contribution in [0.4, 0.5) is 0 Å². The normalized spacial score (nSPS) is 25.5. The summed E-state index contributed by atoms with van der Waals surface area (Å²) in [5.41, 5.74) is 1.47. The van der Waals surface area contributed by atoms with E-state index >= 15 is 0 Å². The third-order valence-corrected chi connectivity index (χ3v) is 5.46. The first-order valence-electron chi connectivity index (χ1n) is 5.89. The van der Waals surface area contributed by atoms with E-state index < -0.39 is 0 Å². The molecule has 1 saturated heterocycles. The minimum absolute atomic E-state index is 0.549. The molecule has 2 aliphatic rings. The fourth-order valence-electron chi connectivity index (χ4n) is 2.68. The summed E-state index contributed by atoms with van der Waals surface area (Å²) >= 11 is 8.46. The summed E-state index contributed by atoms with van der Waals surface area (Å²) in [6.45, 7) is 1.16. The molecule has 1 nitrogen and oxygen atoms in total. The van der Waals surface area contributed by atoms with Gasteiger partial charge in [0, 0.05) is 15.8 Å². The zero-order valence-corrected chi connectivity index (χ0v) is 10.4. The van der Waals surface area contributed by atoms with Crippen molar-refractivity contribution >= 4 is 22.9 Å². The highest BCUT2D eigenvalue weighted by Gasteiger charge is 2.25. The van der Waals surface area contributed by atoms with Gasteiger partial charge in [0.05, 0.1) is 5.02 Å². The highest BCUT2D eigenvalue weighted by atomic mass is 35.5. The lowest BCUT2D eigenvalue weighted by Gasteiger charge is -2.10. The summed E-state index contributed by atoms with van der Waals surface area (Å²) in [5.74, 6) is 0. The SMILES string of the molecule is Clc1c(C2CCCN2)sc2c1CCCC2. The maximum Gasteiger partial charge on any atom is 0.0596 e. The van der Waals surface area contributed by atoms with E-state index in [0.29, 0.717) is 6.04 Å². The van der Waals surface area contributed by atoms with Gasteiger partial charge in [0.15, 0.2) is 0 Å². The molecule has 0 radical (unpaired) electrons. The van der Waals surface area contributed by atoms with Gasteiger partial charge in [0.1, 0.15) is 0 Å². The van der Waals surface area contributed by atoms with Crippen molar-refractivity contribution in [1.29, 1.82) is 0 Å². The number of nitrogens with one attached hydrogen (secondary N) is 1. The molecule has 0 bridgehead atoms. The van der Waals surface area contributed by atoms with Crippen molar-refractivity contribution in [3.63, 3.8) is 0 Å². The van der Waals surface area contributed by atoms with Crippen LogP contribution >= 0.6 is 22.9 Å². The van der Waals surface area contributed by atoms with Crippen molar-refractivity contribution in [2.75, 3.05) is 6.54 Å². The van der Waals surface area contributed by atoms with Crippen LogP contribution < -0.4 is 5.32 Å². The van der Waals surface area contributed by atoms with Crippen molar-refractivity contribution in [2.45, 2.75) is 44.6 Å². The molecule has 0 amide bonds. The number of hydrogen-bond donors (Lipinski definition) is 1. The molecule has 82 valence electrons. The van der Waals surface area contributed by atoms with E-state index in [-0.39, 0.29) is 0 Å². The zero-order chi connectivity index (χ0) is 10.3. The molecule has 1 aromatic heterocycles. The first-order valence-corrected chi connectivity index (χ1v) is 7.09. The monoisotopic (exact) mass is 241 g/mol. The van der Waals surface area contributed by atoms with Gasteiger partial charge in [-0.25, -0.2) is 0 Å². The molecule has 1 unspecified atom stereocenters. The highest BCUT2D eigenvalue weighted by molar-refractivity contribution is 7.13. The van der Waals surface area contributed by atoms with Gasteiger partial charge in [-0.1, -0.05) is 11.6 Å². The van der Waals surface area contributed by atoms with Crippen LogP contribution in [0.25, 0.3) is 0 Å². The van der Waals surface area contributed by atoms with Gasteiger partial charge < -0.3 is 5.32 Å². The van der Waals surface area contributed by atoms with Crippen LogP contribution in [0, 0.1) is 0 Å². The van der Waals surface area contributed by atoms with E-state index in [0.717, 1.165) is 11.6 Å². The van der Waals surface area contributed by atoms with Gasteiger partial charge in [-0.15, -0.1) is 11.3 Å². The Hall–Kier alpha value is -0.0500. The van der Waals surface area contributed by atoms with Gasteiger partial charge in [-0.05, 0) is 50.6 Å². The molecular weight excluding hydrogens is 226 g/mol. The first-order chi connectivity index (χ1) is 7.36. The van der Waals surface area contributed by atoms with Crippen LogP contribution in [-0.2, 0) is 12.8 Å². The fraction of sp³-hybridized carbons (Fsp3) is 0.667. The van der Waals surface area contributed by atoms with Gasteiger partial charge in [-0.2, -0.15) is 0 Å². The second-order valence-corrected chi connectivity index (χ2v) is 6.05.